The van der Waals surface area contributed by atoms with Crippen molar-refractivity contribution in [3.8, 4) is 11.5 Å². The number of ether oxygens (including phenoxy) is 2. The fourth-order valence-electron chi connectivity index (χ4n) is 2.68. The van der Waals surface area contributed by atoms with Crippen LogP contribution in [0.5, 0.6) is 11.5 Å². The van der Waals surface area contributed by atoms with Crippen molar-refractivity contribution in [2.75, 3.05) is 37.4 Å². The SMILES string of the molecule is CCN(CC(=O)Nc1ccc2c(c1)OCCO2)C(=O)c1cccc(N)c1.Cl. The Hall–Kier alpha value is -2.93. The van der Waals surface area contributed by atoms with E-state index in [-0.39, 0.29) is 30.8 Å². The zero-order valence-corrected chi connectivity index (χ0v) is 15.8. The molecule has 0 unspecified atom stereocenters. The Morgan fingerprint density at radius 3 is 2.56 bits per heavy atom. The number of nitrogens with zero attached hydrogens (tertiary/aromatic N) is 1. The predicted molar refractivity (Wildman–Crippen MR) is 106 cm³/mol. The van der Waals surface area contributed by atoms with E-state index in [1.54, 1.807) is 42.5 Å². The predicted octanol–water partition coefficient (Wildman–Crippen LogP) is 2.56. The Labute approximate surface area is 163 Å². The van der Waals surface area contributed by atoms with Crippen molar-refractivity contribution in [1.82, 2.24) is 4.90 Å². The van der Waals surface area contributed by atoms with Gasteiger partial charge in [-0.25, -0.2) is 0 Å². The van der Waals surface area contributed by atoms with Crippen molar-refractivity contribution in [3.05, 3.63) is 48.0 Å². The second-order valence-corrected chi connectivity index (χ2v) is 5.85. The number of halogens is 1. The molecular formula is C19H22ClN3O4. The van der Waals surface area contributed by atoms with Gasteiger partial charge in [0.25, 0.3) is 5.91 Å². The highest BCUT2D eigenvalue weighted by Gasteiger charge is 2.18. The van der Waals surface area contributed by atoms with Gasteiger partial charge < -0.3 is 25.4 Å². The van der Waals surface area contributed by atoms with Crippen LogP contribution in [-0.2, 0) is 4.79 Å². The fourth-order valence-corrected chi connectivity index (χ4v) is 2.68. The Morgan fingerprint density at radius 1 is 1.11 bits per heavy atom. The number of anilines is 2. The minimum absolute atomic E-state index is 0. The quantitative estimate of drug-likeness (QED) is 0.764. The van der Waals surface area contributed by atoms with E-state index in [2.05, 4.69) is 5.32 Å². The molecule has 0 aromatic heterocycles. The highest BCUT2D eigenvalue weighted by Crippen LogP contribution is 2.32. The molecule has 0 radical (unpaired) electrons. The fraction of sp³-hybridized carbons (Fsp3) is 0.263. The molecule has 3 rings (SSSR count). The Balaban J connectivity index is 0.00000261. The second kappa shape index (κ2) is 9.14. The Kier molecular flexibility index (Phi) is 6.90. The van der Waals surface area contributed by atoms with Crippen LogP contribution in [0.3, 0.4) is 0 Å². The number of benzene rings is 2. The van der Waals surface area contributed by atoms with Gasteiger partial charge >= 0.3 is 0 Å². The Bertz CT molecular complexity index is 828. The van der Waals surface area contributed by atoms with Gasteiger partial charge in [0.15, 0.2) is 11.5 Å². The van der Waals surface area contributed by atoms with Gasteiger partial charge in [0.1, 0.15) is 19.8 Å². The summed E-state index contributed by atoms with van der Waals surface area (Å²) in [5, 5.41) is 2.78. The van der Waals surface area contributed by atoms with Crippen molar-refractivity contribution in [3.63, 3.8) is 0 Å². The average molecular weight is 392 g/mol. The lowest BCUT2D eigenvalue weighted by molar-refractivity contribution is -0.116. The van der Waals surface area contributed by atoms with Crippen LogP contribution in [0.2, 0.25) is 0 Å². The molecule has 1 aliphatic heterocycles. The third-order valence-corrected chi connectivity index (χ3v) is 3.96. The maximum Gasteiger partial charge on any atom is 0.254 e. The van der Waals surface area contributed by atoms with Gasteiger partial charge in [0, 0.05) is 29.5 Å². The standard InChI is InChI=1S/C19H21N3O4.ClH/c1-2-22(19(24)13-4-3-5-14(20)10-13)12-18(23)21-15-6-7-16-17(11-15)26-9-8-25-16;/h3-7,10-11H,2,8-9,12,20H2,1H3,(H,21,23);1H. The van der Waals surface area contributed by atoms with Crippen LogP contribution in [0, 0.1) is 0 Å². The summed E-state index contributed by atoms with van der Waals surface area (Å²) in [5.74, 6) is 0.719. The summed E-state index contributed by atoms with van der Waals surface area (Å²) in [6, 6.07) is 11.9. The number of nitrogens with two attached hydrogens (primary N) is 1. The number of hydrogen-bond donors (Lipinski definition) is 2. The molecule has 0 bridgehead atoms. The minimum atomic E-state index is -0.291. The summed E-state index contributed by atoms with van der Waals surface area (Å²) in [6.07, 6.45) is 0. The van der Waals surface area contributed by atoms with E-state index in [9.17, 15) is 9.59 Å². The summed E-state index contributed by atoms with van der Waals surface area (Å²) < 4.78 is 11.0. The van der Waals surface area contributed by atoms with Gasteiger partial charge in [-0.1, -0.05) is 6.07 Å². The number of likely N-dealkylation sites (N-methyl/N-ethyl adjacent to an activating group) is 1. The monoisotopic (exact) mass is 391 g/mol. The first-order chi connectivity index (χ1) is 12.6. The zero-order chi connectivity index (χ0) is 18.5. The third-order valence-electron chi connectivity index (χ3n) is 3.96. The van der Waals surface area contributed by atoms with E-state index < -0.39 is 0 Å². The van der Waals surface area contributed by atoms with Crippen molar-refractivity contribution in [2.45, 2.75) is 6.92 Å². The molecule has 0 spiro atoms. The lowest BCUT2D eigenvalue weighted by Crippen LogP contribution is -2.37. The molecule has 0 atom stereocenters. The molecular weight excluding hydrogens is 370 g/mol. The van der Waals surface area contributed by atoms with Gasteiger partial charge in [0.05, 0.1) is 0 Å². The zero-order valence-electron chi connectivity index (χ0n) is 14.9. The van der Waals surface area contributed by atoms with Crippen molar-refractivity contribution in [1.29, 1.82) is 0 Å². The summed E-state index contributed by atoms with van der Waals surface area (Å²) >= 11 is 0. The summed E-state index contributed by atoms with van der Waals surface area (Å²) in [6.45, 7) is 3.15. The highest BCUT2D eigenvalue weighted by atomic mass is 35.5. The molecule has 2 aromatic rings. The molecule has 0 fully saturated rings. The molecule has 27 heavy (non-hydrogen) atoms. The van der Waals surface area contributed by atoms with Crippen molar-refractivity contribution in [2.24, 2.45) is 0 Å². The molecule has 2 aromatic carbocycles. The normalized spacial score (nSPS) is 11.9. The number of hydrogen-bond acceptors (Lipinski definition) is 5. The molecule has 3 N–H and O–H groups in total. The molecule has 7 nitrogen and oxygen atoms in total. The van der Waals surface area contributed by atoms with Crippen LogP contribution in [-0.4, -0.2) is 43.0 Å². The highest BCUT2D eigenvalue weighted by molar-refractivity contribution is 5.99. The molecule has 0 aliphatic carbocycles. The number of fused-ring (bicyclic) bond motifs is 1. The van der Waals surface area contributed by atoms with Gasteiger partial charge in [0.2, 0.25) is 5.91 Å². The first kappa shape index (κ1) is 20.4. The molecule has 0 saturated heterocycles. The van der Waals surface area contributed by atoms with Gasteiger partial charge in [-0.15, -0.1) is 12.4 Å². The molecule has 8 heteroatoms. The van der Waals surface area contributed by atoms with E-state index in [4.69, 9.17) is 15.2 Å². The molecule has 1 heterocycles. The Morgan fingerprint density at radius 2 is 1.85 bits per heavy atom. The van der Waals surface area contributed by atoms with E-state index in [0.717, 1.165) is 0 Å². The van der Waals surface area contributed by atoms with Crippen LogP contribution < -0.4 is 20.5 Å². The van der Waals surface area contributed by atoms with E-state index in [0.29, 0.717) is 48.2 Å². The molecule has 144 valence electrons. The first-order valence-electron chi connectivity index (χ1n) is 8.41. The van der Waals surface area contributed by atoms with Crippen LogP contribution >= 0.6 is 12.4 Å². The summed E-state index contributed by atoms with van der Waals surface area (Å²) in [4.78, 5) is 26.4. The molecule has 1 aliphatic rings. The molecule has 2 amide bonds. The van der Waals surface area contributed by atoms with Gasteiger partial charge in [-0.3, -0.25) is 9.59 Å². The van der Waals surface area contributed by atoms with E-state index >= 15 is 0 Å². The number of rotatable bonds is 5. The lowest BCUT2D eigenvalue weighted by Gasteiger charge is -2.21. The third kappa shape index (κ3) is 5.04. The van der Waals surface area contributed by atoms with Crippen LogP contribution in [0.25, 0.3) is 0 Å². The van der Waals surface area contributed by atoms with Gasteiger partial charge in [-0.2, -0.15) is 0 Å². The largest absolute Gasteiger partial charge is 0.486 e. The maximum atomic E-state index is 12.6. The topological polar surface area (TPSA) is 93.9 Å². The lowest BCUT2D eigenvalue weighted by atomic mass is 10.1. The molecule has 0 saturated carbocycles. The van der Waals surface area contributed by atoms with E-state index in [1.807, 2.05) is 6.92 Å². The van der Waals surface area contributed by atoms with E-state index in [1.165, 1.54) is 4.90 Å². The number of carbonyl (C=O) groups is 2. The van der Waals surface area contributed by atoms with Crippen molar-refractivity contribution < 1.29 is 19.1 Å². The second-order valence-electron chi connectivity index (χ2n) is 5.85. The maximum absolute atomic E-state index is 12.6. The summed E-state index contributed by atoms with van der Waals surface area (Å²) in [5.41, 5.74) is 7.28. The number of carbonyl (C=O) groups excluding carboxylic acids is 2. The van der Waals surface area contributed by atoms with Gasteiger partial charge in [-0.05, 0) is 37.3 Å². The van der Waals surface area contributed by atoms with Crippen LogP contribution in [0.4, 0.5) is 11.4 Å². The number of amides is 2. The minimum Gasteiger partial charge on any atom is -0.486 e. The average Bonchev–Trinajstić information content (AvgIpc) is 2.65. The van der Waals surface area contributed by atoms with Crippen molar-refractivity contribution >= 4 is 35.6 Å². The van der Waals surface area contributed by atoms with Crippen LogP contribution in [0.1, 0.15) is 17.3 Å². The number of nitrogens with one attached hydrogen (secondary N) is 1. The smallest absolute Gasteiger partial charge is 0.254 e. The van der Waals surface area contributed by atoms with Crippen LogP contribution in [0.15, 0.2) is 42.5 Å². The number of nitrogen functional groups attached to an aromatic ring is 1. The first-order valence-corrected chi connectivity index (χ1v) is 8.41. The summed E-state index contributed by atoms with van der Waals surface area (Å²) in [7, 11) is 0.